The molecule has 1 heterocycles. The Morgan fingerprint density at radius 1 is 1.00 bits per heavy atom. The molecule has 0 saturated heterocycles. The van der Waals surface area contributed by atoms with E-state index in [2.05, 4.69) is 21.2 Å². The fourth-order valence-corrected chi connectivity index (χ4v) is 2.84. The minimum Gasteiger partial charge on any atom is -0.497 e. The molecule has 2 aromatic carbocycles. The maximum atomic E-state index is 5.23. The van der Waals surface area contributed by atoms with Crippen LogP contribution in [0.5, 0.6) is 11.5 Å². The van der Waals surface area contributed by atoms with E-state index in [9.17, 15) is 0 Å². The molecule has 0 amide bonds. The number of thioether (sulfide) groups is 1. The molecule has 23 heavy (non-hydrogen) atoms. The first-order chi connectivity index (χ1) is 11.3. The summed E-state index contributed by atoms with van der Waals surface area (Å²) in [6.07, 6.45) is 0. The molecular formula is C17H17N3O2S. The van der Waals surface area contributed by atoms with Gasteiger partial charge >= 0.3 is 0 Å². The molecule has 0 spiro atoms. The van der Waals surface area contributed by atoms with E-state index in [1.165, 1.54) is 5.56 Å². The third-order valence-corrected chi connectivity index (χ3v) is 4.25. The van der Waals surface area contributed by atoms with Crippen LogP contribution in [0.25, 0.3) is 11.4 Å². The molecule has 0 radical (unpaired) electrons. The van der Waals surface area contributed by atoms with Crippen molar-refractivity contribution in [2.45, 2.75) is 10.9 Å². The number of aromatic amines is 1. The number of rotatable bonds is 6. The van der Waals surface area contributed by atoms with Gasteiger partial charge in [-0.2, -0.15) is 0 Å². The second kappa shape index (κ2) is 7.19. The van der Waals surface area contributed by atoms with E-state index in [0.29, 0.717) is 0 Å². The van der Waals surface area contributed by atoms with E-state index in [4.69, 9.17) is 9.47 Å². The number of nitrogens with one attached hydrogen (secondary N) is 1. The molecule has 0 unspecified atom stereocenters. The summed E-state index contributed by atoms with van der Waals surface area (Å²) in [6, 6.07) is 15.7. The zero-order chi connectivity index (χ0) is 16.1. The van der Waals surface area contributed by atoms with Gasteiger partial charge in [-0.25, -0.2) is 4.98 Å². The number of methoxy groups -OCH3 is 2. The van der Waals surface area contributed by atoms with Gasteiger partial charge in [-0.15, -0.1) is 5.10 Å². The van der Waals surface area contributed by atoms with Crippen molar-refractivity contribution in [3.8, 4) is 22.9 Å². The average Bonchev–Trinajstić information content (AvgIpc) is 3.09. The van der Waals surface area contributed by atoms with Crippen LogP contribution in [-0.2, 0) is 5.75 Å². The number of ether oxygens (including phenoxy) is 2. The Balaban J connectivity index is 1.66. The maximum absolute atomic E-state index is 5.23. The van der Waals surface area contributed by atoms with Gasteiger partial charge in [0.05, 0.1) is 14.2 Å². The largest absolute Gasteiger partial charge is 0.497 e. The lowest BCUT2D eigenvalue weighted by atomic mass is 10.2. The molecule has 5 nitrogen and oxygen atoms in total. The zero-order valence-electron chi connectivity index (χ0n) is 12.9. The van der Waals surface area contributed by atoms with Crippen LogP contribution < -0.4 is 9.47 Å². The Morgan fingerprint density at radius 2 is 1.78 bits per heavy atom. The van der Waals surface area contributed by atoms with Crippen LogP contribution in [0.4, 0.5) is 0 Å². The Hall–Kier alpha value is -2.47. The third kappa shape index (κ3) is 3.84. The van der Waals surface area contributed by atoms with Gasteiger partial charge in [-0.1, -0.05) is 23.9 Å². The minimum absolute atomic E-state index is 0.721. The highest BCUT2D eigenvalue weighted by molar-refractivity contribution is 7.98. The molecule has 0 aliphatic carbocycles. The third-order valence-electron chi connectivity index (χ3n) is 3.33. The second-order valence-electron chi connectivity index (χ2n) is 4.84. The summed E-state index contributed by atoms with van der Waals surface area (Å²) in [5.41, 5.74) is 2.15. The van der Waals surface area contributed by atoms with Gasteiger partial charge in [0.15, 0.2) is 5.82 Å². The van der Waals surface area contributed by atoms with Gasteiger partial charge in [-0.3, -0.25) is 5.10 Å². The number of hydrogen-bond acceptors (Lipinski definition) is 5. The first kappa shape index (κ1) is 15.4. The highest BCUT2D eigenvalue weighted by atomic mass is 32.2. The highest BCUT2D eigenvalue weighted by Crippen LogP contribution is 2.24. The summed E-state index contributed by atoms with van der Waals surface area (Å²) >= 11 is 1.58. The van der Waals surface area contributed by atoms with Gasteiger partial charge in [0.2, 0.25) is 5.16 Å². The molecule has 0 atom stereocenters. The Labute approximate surface area is 139 Å². The predicted molar refractivity (Wildman–Crippen MR) is 90.9 cm³/mol. The van der Waals surface area contributed by atoms with Crippen molar-refractivity contribution < 1.29 is 9.47 Å². The molecule has 0 aliphatic rings. The van der Waals surface area contributed by atoms with Gasteiger partial charge < -0.3 is 9.47 Å². The Kier molecular flexibility index (Phi) is 4.83. The van der Waals surface area contributed by atoms with Crippen LogP contribution in [0.15, 0.2) is 53.7 Å². The van der Waals surface area contributed by atoms with Crippen molar-refractivity contribution in [1.29, 1.82) is 0 Å². The molecule has 0 saturated carbocycles. The predicted octanol–water partition coefficient (Wildman–Crippen LogP) is 3.78. The lowest BCUT2D eigenvalue weighted by Crippen LogP contribution is -1.86. The average molecular weight is 327 g/mol. The molecule has 1 N–H and O–H groups in total. The molecule has 0 aliphatic heterocycles. The molecule has 6 heteroatoms. The minimum atomic E-state index is 0.721. The van der Waals surface area contributed by atoms with Gasteiger partial charge in [0.25, 0.3) is 0 Å². The fourth-order valence-electron chi connectivity index (χ4n) is 2.10. The van der Waals surface area contributed by atoms with E-state index in [-0.39, 0.29) is 0 Å². The van der Waals surface area contributed by atoms with E-state index < -0.39 is 0 Å². The number of H-pyrrole nitrogens is 1. The SMILES string of the molecule is COc1ccc(-c2nc(SCc3cccc(OC)c3)n[nH]2)cc1. The quantitative estimate of drug-likeness (QED) is 0.698. The summed E-state index contributed by atoms with van der Waals surface area (Å²) in [5.74, 6) is 3.22. The van der Waals surface area contributed by atoms with Crippen molar-refractivity contribution >= 4 is 11.8 Å². The number of nitrogens with zero attached hydrogens (tertiary/aromatic N) is 2. The second-order valence-corrected chi connectivity index (χ2v) is 5.78. The smallest absolute Gasteiger partial charge is 0.209 e. The number of hydrogen-bond donors (Lipinski definition) is 1. The van der Waals surface area contributed by atoms with E-state index >= 15 is 0 Å². The van der Waals surface area contributed by atoms with Crippen LogP contribution in [0, 0.1) is 0 Å². The van der Waals surface area contributed by atoms with Gasteiger partial charge in [0, 0.05) is 11.3 Å². The highest BCUT2D eigenvalue weighted by Gasteiger charge is 2.07. The zero-order valence-corrected chi connectivity index (χ0v) is 13.8. The van der Waals surface area contributed by atoms with E-state index in [0.717, 1.165) is 33.8 Å². The molecule has 3 aromatic rings. The van der Waals surface area contributed by atoms with Gasteiger partial charge in [-0.05, 0) is 42.0 Å². The van der Waals surface area contributed by atoms with Crippen molar-refractivity contribution in [2.75, 3.05) is 14.2 Å². The van der Waals surface area contributed by atoms with Crippen LogP contribution in [-0.4, -0.2) is 29.4 Å². The Morgan fingerprint density at radius 3 is 2.52 bits per heavy atom. The topological polar surface area (TPSA) is 60.0 Å². The van der Waals surface area contributed by atoms with Crippen molar-refractivity contribution in [3.05, 3.63) is 54.1 Å². The summed E-state index contributed by atoms with van der Waals surface area (Å²) < 4.78 is 10.4. The monoisotopic (exact) mass is 327 g/mol. The summed E-state index contributed by atoms with van der Waals surface area (Å²) in [5, 5.41) is 7.95. The standard InChI is InChI=1S/C17H17N3O2S/c1-21-14-8-6-13(7-9-14)16-18-17(20-19-16)23-11-12-4-3-5-15(10-12)22-2/h3-10H,11H2,1-2H3,(H,18,19,20). The normalized spacial score (nSPS) is 10.5. The Bertz CT molecular complexity index is 772. The summed E-state index contributed by atoms with van der Waals surface area (Å²) in [7, 11) is 3.32. The fraction of sp³-hybridized carbons (Fsp3) is 0.176. The number of benzene rings is 2. The molecule has 1 aromatic heterocycles. The van der Waals surface area contributed by atoms with Crippen molar-refractivity contribution in [2.24, 2.45) is 0 Å². The first-order valence-corrected chi connectivity index (χ1v) is 8.09. The lowest BCUT2D eigenvalue weighted by Gasteiger charge is -2.02. The lowest BCUT2D eigenvalue weighted by molar-refractivity contribution is 0.414. The summed E-state index contributed by atoms with van der Waals surface area (Å²) in [6.45, 7) is 0. The summed E-state index contributed by atoms with van der Waals surface area (Å²) in [4.78, 5) is 4.52. The molecule has 118 valence electrons. The van der Waals surface area contributed by atoms with Crippen molar-refractivity contribution in [3.63, 3.8) is 0 Å². The number of aromatic nitrogens is 3. The molecule has 0 fully saturated rings. The first-order valence-electron chi connectivity index (χ1n) is 7.11. The molecule has 0 bridgehead atoms. The van der Waals surface area contributed by atoms with Crippen LogP contribution in [0.2, 0.25) is 0 Å². The van der Waals surface area contributed by atoms with Crippen LogP contribution >= 0.6 is 11.8 Å². The van der Waals surface area contributed by atoms with Crippen LogP contribution in [0.1, 0.15) is 5.56 Å². The van der Waals surface area contributed by atoms with Gasteiger partial charge in [0.1, 0.15) is 11.5 Å². The molecular weight excluding hydrogens is 310 g/mol. The molecule has 3 rings (SSSR count). The van der Waals surface area contributed by atoms with E-state index in [1.807, 2.05) is 42.5 Å². The maximum Gasteiger partial charge on any atom is 0.209 e. The van der Waals surface area contributed by atoms with E-state index in [1.54, 1.807) is 26.0 Å². The van der Waals surface area contributed by atoms with Crippen LogP contribution in [0.3, 0.4) is 0 Å². The van der Waals surface area contributed by atoms with Crippen molar-refractivity contribution in [1.82, 2.24) is 15.2 Å².